The Hall–Kier alpha value is -1.80. The average molecular weight is 688 g/mol. The molecule has 1 aliphatic carbocycles. The molecule has 2 atom stereocenters. The Labute approximate surface area is 233 Å². The van der Waals surface area contributed by atoms with Gasteiger partial charge >= 0.3 is 53.6 Å². The number of rotatable bonds is 12. The normalized spacial score (nSPS) is 20.5. The summed E-state index contributed by atoms with van der Waals surface area (Å²) in [6.07, 6.45) is -12.1. The number of halogens is 17. The lowest BCUT2D eigenvalue weighted by Gasteiger charge is -2.42. The molecule has 0 unspecified atom stereocenters. The molecule has 21 heteroatoms. The zero-order valence-corrected chi connectivity index (χ0v) is 23.6. The Morgan fingerprint density at radius 3 is 1.42 bits per heavy atom. The van der Waals surface area contributed by atoms with Crippen molar-refractivity contribution in [3.63, 3.8) is 0 Å². The van der Waals surface area contributed by atoms with Crippen molar-refractivity contribution in [3.8, 4) is 0 Å². The zero-order chi connectivity index (χ0) is 34.7. The molecule has 0 aromatic heterocycles. The predicted octanol–water partition coefficient (Wildman–Crippen LogP) is 9.04. The van der Waals surface area contributed by atoms with Gasteiger partial charge in [-0.15, -0.1) is 0 Å². The average Bonchev–Trinajstić information content (AvgIpc) is 3.21. The van der Waals surface area contributed by atoms with Gasteiger partial charge in [0.2, 0.25) is 0 Å². The first-order valence-electron chi connectivity index (χ1n) is 11.8. The van der Waals surface area contributed by atoms with E-state index in [9.17, 15) is 79.4 Å². The van der Waals surface area contributed by atoms with Crippen molar-refractivity contribution in [2.24, 2.45) is 0 Å². The van der Waals surface area contributed by atoms with Crippen LogP contribution < -0.4 is 0 Å². The van der Waals surface area contributed by atoms with E-state index in [1.807, 2.05) is 33.9 Å². The number of hydrogen-bond donors (Lipinski definition) is 0. The third-order valence-electron chi connectivity index (χ3n) is 6.97. The van der Waals surface area contributed by atoms with Crippen LogP contribution in [0.25, 0.3) is 0 Å². The van der Waals surface area contributed by atoms with Gasteiger partial charge in [0, 0.05) is 12.8 Å². The summed E-state index contributed by atoms with van der Waals surface area (Å²) in [5, 5.41) is -0.287. The van der Waals surface area contributed by atoms with Gasteiger partial charge in [-0.1, -0.05) is 26.8 Å². The highest BCUT2D eigenvalue weighted by Gasteiger charge is 2.95. The van der Waals surface area contributed by atoms with Crippen molar-refractivity contribution >= 4 is 14.3 Å². The minimum atomic E-state index is -8.70. The molecular weight excluding hydrogens is 663 g/mol. The minimum Gasteiger partial charge on any atom is -0.458 e. The molecule has 0 aromatic carbocycles. The second-order valence-electron chi connectivity index (χ2n) is 11.2. The molecule has 0 radical (unpaired) electrons. The van der Waals surface area contributed by atoms with E-state index < -0.39 is 87.0 Å². The highest BCUT2D eigenvalue weighted by atomic mass is 28.4. The van der Waals surface area contributed by atoms with E-state index in [0.717, 1.165) is 0 Å². The summed E-state index contributed by atoms with van der Waals surface area (Å²) < 4.78 is 237. The smallest absolute Gasteiger partial charge is 0.458 e. The molecular formula is C22H25F17O3Si. The molecule has 3 nitrogen and oxygen atoms in total. The molecule has 0 heterocycles. The van der Waals surface area contributed by atoms with Crippen LogP contribution in [0.2, 0.25) is 18.1 Å². The van der Waals surface area contributed by atoms with E-state index in [2.05, 4.69) is 4.74 Å². The van der Waals surface area contributed by atoms with Gasteiger partial charge in [-0.2, -0.15) is 74.6 Å². The molecule has 0 N–H and O–H groups in total. The fourth-order valence-electron chi connectivity index (χ4n) is 3.20. The summed E-state index contributed by atoms with van der Waals surface area (Å²) in [5.41, 5.74) is 0. The zero-order valence-electron chi connectivity index (χ0n) is 22.6. The number of alkyl halides is 17. The Kier molecular flexibility index (Phi) is 10.2. The van der Waals surface area contributed by atoms with Crippen LogP contribution in [0.5, 0.6) is 0 Å². The summed E-state index contributed by atoms with van der Waals surface area (Å²) in [5.74, 6) is -58.8. The van der Waals surface area contributed by atoms with Crippen LogP contribution >= 0.6 is 0 Å². The maximum Gasteiger partial charge on any atom is 0.460 e. The van der Waals surface area contributed by atoms with Gasteiger partial charge in [0.15, 0.2) is 8.32 Å². The molecule has 1 rings (SSSR count). The van der Waals surface area contributed by atoms with E-state index in [0.29, 0.717) is 0 Å². The number of esters is 1. The van der Waals surface area contributed by atoms with E-state index >= 15 is 0 Å². The van der Waals surface area contributed by atoms with Gasteiger partial charge in [-0.05, 0) is 24.2 Å². The standard InChI is InChI=1S/C22H25F17O3Si/c1-14(2,3)43(4,5)42-12-7-6-11(10-12)41-13(40)8-9-15(23,24)16(25,26)17(27,28)18(29,30)19(31,32)20(33,34)21(35,36)22(37,38)39/h6-7,11-12H,8-10H2,1-5H3/t11-,12+/m0/s1. The van der Waals surface area contributed by atoms with Gasteiger partial charge in [0.05, 0.1) is 12.5 Å². The molecule has 0 aromatic rings. The van der Waals surface area contributed by atoms with Crippen LogP contribution in [-0.4, -0.2) is 74.1 Å². The van der Waals surface area contributed by atoms with Gasteiger partial charge in [0.1, 0.15) is 6.10 Å². The van der Waals surface area contributed by atoms with Crippen molar-refractivity contribution in [2.45, 2.75) is 118 Å². The van der Waals surface area contributed by atoms with E-state index in [1.165, 1.54) is 12.2 Å². The summed E-state index contributed by atoms with van der Waals surface area (Å²) >= 11 is 0. The van der Waals surface area contributed by atoms with E-state index in [1.54, 1.807) is 0 Å². The molecule has 0 amide bonds. The van der Waals surface area contributed by atoms with E-state index in [4.69, 9.17) is 4.43 Å². The molecule has 43 heavy (non-hydrogen) atoms. The fourth-order valence-corrected chi connectivity index (χ4v) is 4.49. The maximum atomic E-state index is 14.0. The number of carbonyl (C=O) groups is 1. The number of hydrogen-bond acceptors (Lipinski definition) is 3. The number of ether oxygens (including phenoxy) is 1. The quantitative estimate of drug-likeness (QED) is 0.0889. The first-order chi connectivity index (χ1) is 18.6. The fraction of sp³-hybridized carbons (Fsp3) is 0.864. The van der Waals surface area contributed by atoms with Crippen LogP contribution in [0.15, 0.2) is 12.2 Å². The maximum absolute atomic E-state index is 14.0. The highest BCUT2D eigenvalue weighted by molar-refractivity contribution is 6.74. The van der Waals surface area contributed by atoms with Gasteiger partial charge < -0.3 is 9.16 Å². The first kappa shape index (κ1) is 39.2. The van der Waals surface area contributed by atoms with Crippen LogP contribution in [0.4, 0.5) is 74.6 Å². The highest BCUT2D eigenvalue weighted by Crippen LogP contribution is 2.64. The Bertz CT molecular complexity index is 1040. The lowest BCUT2D eigenvalue weighted by atomic mass is 9.88. The summed E-state index contributed by atoms with van der Waals surface area (Å²) in [6.45, 7) is 9.28. The van der Waals surface area contributed by atoms with Crippen molar-refractivity contribution < 1.29 is 88.6 Å². The van der Waals surface area contributed by atoms with Gasteiger partial charge in [0.25, 0.3) is 0 Å². The molecule has 0 spiro atoms. The Morgan fingerprint density at radius 1 is 0.651 bits per heavy atom. The summed E-state index contributed by atoms with van der Waals surface area (Å²) in [6, 6.07) is 0. The molecule has 0 aliphatic heterocycles. The molecule has 0 fully saturated rings. The molecule has 1 aliphatic rings. The SMILES string of the molecule is CC(C)(C)[Si](C)(C)O[C@@H]1C=C[C@H](OC(=O)CCC(F)(F)C(F)(F)C(F)(F)C(F)(F)C(F)(F)C(F)(F)C(F)(F)C(F)(F)F)C1. The largest absolute Gasteiger partial charge is 0.460 e. The molecule has 0 bridgehead atoms. The second kappa shape index (κ2) is 11.2. The second-order valence-corrected chi connectivity index (χ2v) is 16.0. The number of carbonyl (C=O) groups excluding carboxylic acids is 1. The Balaban J connectivity index is 3.10. The van der Waals surface area contributed by atoms with Crippen LogP contribution in [0.3, 0.4) is 0 Å². The predicted molar refractivity (Wildman–Crippen MR) is 116 cm³/mol. The van der Waals surface area contributed by atoms with Gasteiger partial charge in [-0.25, -0.2) is 0 Å². The monoisotopic (exact) mass is 688 g/mol. The molecule has 254 valence electrons. The summed E-state index contributed by atoms with van der Waals surface area (Å²) in [4.78, 5) is 11.9. The van der Waals surface area contributed by atoms with Crippen LogP contribution in [0.1, 0.15) is 40.0 Å². The summed E-state index contributed by atoms with van der Waals surface area (Å²) in [7, 11) is -2.38. The first-order valence-corrected chi connectivity index (χ1v) is 14.7. The molecule has 0 saturated carbocycles. The van der Waals surface area contributed by atoms with E-state index in [-0.39, 0.29) is 11.5 Å². The van der Waals surface area contributed by atoms with Crippen molar-refractivity contribution in [2.75, 3.05) is 0 Å². The minimum absolute atomic E-state index is 0.124. The van der Waals surface area contributed by atoms with Gasteiger partial charge in [-0.3, -0.25) is 4.79 Å². The van der Waals surface area contributed by atoms with Crippen LogP contribution in [-0.2, 0) is 14.0 Å². The topological polar surface area (TPSA) is 35.5 Å². The van der Waals surface area contributed by atoms with Crippen molar-refractivity contribution in [1.82, 2.24) is 0 Å². The molecule has 0 saturated heterocycles. The lowest BCUT2D eigenvalue weighted by molar-refractivity contribution is -0.461. The third-order valence-corrected chi connectivity index (χ3v) is 11.5. The Morgan fingerprint density at radius 2 is 1.02 bits per heavy atom. The van der Waals surface area contributed by atoms with Crippen LogP contribution in [0, 0.1) is 0 Å². The lowest BCUT2D eigenvalue weighted by Crippen LogP contribution is -2.74. The van der Waals surface area contributed by atoms with Crippen molar-refractivity contribution in [1.29, 1.82) is 0 Å². The van der Waals surface area contributed by atoms with Crippen molar-refractivity contribution in [3.05, 3.63) is 12.2 Å². The third kappa shape index (κ3) is 6.61.